The zero-order chi connectivity index (χ0) is 33.4. The number of rotatable bonds is 4. The number of aliphatic imine (C=N–C) groups is 1. The van der Waals surface area contributed by atoms with E-state index in [2.05, 4.69) is 115 Å². The predicted octanol–water partition coefficient (Wildman–Crippen LogP) is 11.4. The summed E-state index contributed by atoms with van der Waals surface area (Å²) in [6.07, 6.45) is 0. The van der Waals surface area contributed by atoms with Gasteiger partial charge in [0.05, 0.1) is 27.1 Å². The third kappa shape index (κ3) is 4.22. The van der Waals surface area contributed by atoms with Gasteiger partial charge in [-0.15, -0.1) is 0 Å². The van der Waals surface area contributed by atoms with Crippen molar-refractivity contribution in [2.24, 2.45) is 4.99 Å². The van der Waals surface area contributed by atoms with E-state index >= 15 is 0 Å². The molecule has 2 aliphatic rings. The lowest BCUT2D eigenvalue weighted by atomic mass is 9.83. The molecule has 0 amide bonds. The maximum Gasteiger partial charge on any atom is 0.207 e. The Morgan fingerprint density at radius 2 is 0.940 bits per heavy atom. The number of fused-ring (bicyclic) bond motifs is 4. The zero-order valence-electron chi connectivity index (χ0n) is 26.9. The Hall–Kier alpha value is -6.10. The standard InChI is InChI=1S/C46H29NO2S/c48-50(49)40-24-12-23-39-45(40)44(46(47-39)30-15-5-2-6-16-30)38-26-25-33(28-41(38)50)43-36-21-9-7-19-34(36)42(35-20-8-10-22-37(35)43)32-18-11-17-31(27-32)29-13-3-1-4-14-29/h1-28,44H. The molecule has 1 atom stereocenters. The monoisotopic (exact) mass is 659 g/mol. The van der Waals surface area contributed by atoms with Crippen LogP contribution in [-0.2, 0) is 9.84 Å². The first-order valence-corrected chi connectivity index (χ1v) is 18.3. The summed E-state index contributed by atoms with van der Waals surface area (Å²) in [6, 6.07) is 57.8. The van der Waals surface area contributed by atoms with Crippen LogP contribution < -0.4 is 0 Å². The molecule has 236 valence electrons. The van der Waals surface area contributed by atoms with Gasteiger partial charge in [0.25, 0.3) is 0 Å². The average Bonchev–Trinajstić information content (AvgIpc) is 3.57. The van der Waals surface area contributed by atoms with Gasteiger partial charge < -0.3 is 0 Å². The van der Waals surface area contributed by atoms with Crippen molar-refractivity contribution in [3.8, 4) is 33.4 Å². The topological polar surface area (TPSA) is 46.5 Å². The highest BCUT2D eigenvalue weighted by atomic mass is 32.2. The summed E-state index contributed by atoms with van der Waals surface area (Å²) in [4.78, 5) is 5.72. The van der Waals surface area contributed by atoms with E-state index in [1.54, 1.807) is 6.07 Å². The van der Waals surface area contributed by atoms with E-state index in [0.29, 0.717) is 9.79 Å². The van der Waals surface area contributed by atoms with Crippen molar-refractivity contribution < 1.29 is 8.42 Å². The number of sulfone groups is 1. The van der Waals surface area contributed by atoms with Crippen LogP contribution in [0.2, 0.25) is 0 Å². The van der Waals surface area contributed by atoms with Crippen LogP contribution in [0.5, 0.6) is 0 Å². The summed E-state index contributed by atoms with van der Waals surface area (Å²) in [6.45, 7) is 0. The largest absolute Gasteiger partial charge is 0.251 e. The van der Waals surface area contributed by atoms with Crippen LogP contribution in [0.25, 0.3) is 54.9 Å². The minimum atomic E-state index is -3.82. The molecule has 0 N–H and O–H groups in total. The van der Waals surface area contributed by atoms with Gasteiger partial charge in [0.15, 0.2) is 0 Å². The van der Waals surface area contributed by atoms with Crippen LogP contribution in [-0.4, -0.2) is 14.1 Å². The van der Waals surface area contributed by atoms with Gasteiger partial charge in [-0.3, -0.25) is 4.99 Å². The molecule has 0 saturated carbocycles. The summed E-state index contributed by atoms with van der Waals surface area (Å²) < 4.78 is 29.0. The molecule has 50 heavy (non-hydrogen) atoms. The van der Waals surface area contributed by atoms with Crippen LogP contribution in [0.3, 0.4) is 0 Å². The van der Waals surface area contributed by atoms with Crippen molar-refractivity contribution in [1.82, 2.24) is 0 Å². The lowest BCUT2D eigenvalue weighted by Gasteiger charge is -2.27. The van der Waals surface area contributed by atoms with Gasteiger partial charge in [-0.1, -0.05) is 146 Å². The van der Waals surface area contributed by atoms with Crippen molar-refractivity contribution in [2.75, 3.05) is 0 Å². The highest BCUT2D eigenvalue weighted by Gasteiger charge is 2.43. The van der Waals surface area contributed by atoms with E-state index in [4.69, 9.17) is 4.99 Å². The predicted molar refractivity (Wildman–Crippen MR) is 204 cm³/mol. The molecule has 1 unspecified atom stereocenters. The van der Waals surface area contributed by atoms with E-state index in [1.165, 1.54) is 11.1 Å². The Kier molecular flexibility index (Phi) is 6.33. The maximum atomic E-state index is 14.5. The Labute approximate surface area is 290 Å². The molecule has 0 aliphatic carbocycles. The molecule has 2 aliphatic heterocycles. The van der Waals surface area contributed by atoms with Crippen LogP contribution >= 0.6 is 0 Å². The molecule has 0 bridgehead atoms. The molecule has 0 spiro atoms. The summed E-state index contributed by atoms with van der Waals surface area (Å²) in [5.41, 5.74) is 10.7. The molecule has 10 rings (SSSR count). The second kappa shape index (κ2) is 11.0. The average molecular weight is 660 g/mol. The molecule has 0 saturated heterocycles. The lowest BCUT2D eigenvalue weighted by Crippen LogP contribution is -2.22. The molecule has 8 aromatic carbocycles. The van der Waals surface area contributed by atoms with E-state index < -0.39 is 9.84 Å². The Morgan fingerprint density at radius 1 is 0.420 bits per heavy atom. The fraction of sp³-hybridized carbons (Fsp3) is 0.0217. The zero-order valence-corrected chi connectivity index (χ0v) is 27.7. The molecular weight excluding hydrogens is 631 g/mol. The Bertz CT molecular complexity index is 2760. The van der Waals surface area contributed by atoms with Gasteiger partial charge in [0.1, 0.15) is 0 Å². The number of hydrogen-bond donors (Lipinski definition) is 0. The molecule has 0 radical (unpaired) electrons. The van der Waals surface area contributed by atoms with Crippen LogP contribution in [0.1, 0.15) is 22.6 Å². The number of nitrogens with zero attached hydrogens (tertiary/aromatic N) is 1. The van der Waals surface area contributed by atoms with Gasteiger partial charge in [-0.25, -0.2) is 8.42 Å². The summed E-state index contributed by atoms with van der Waals surface area (Å²) in [7, 11) is -3.82. The van der Waals surface area contributed by atoms with E-state index in [0.717, 1.165) is 71.9 Å². The van der Waals surface area contributed by atoms with Gasteiger partial charge in [0.2, 0.25) is 9.84 Å². The highest BCUT2D eigenvalue weighted by molar-refractivity contribution is 7.91. The maximum absolute atomic E-state index is 14.5. The smallest absolute Gasteiger partial charge is 0.207 e. The normalized spacial score (nSPS) is 15.4. The molecule has 0 fully saturated rings. The van der Waals surface area contributed by atoms with Gasteiger partial charge in [-0.05, 0) is 90.3 Å². The van der Waals surface area contributed by atoms with E-state index in [9.17, 15) is 8.42 Å². The van der Waals surface area contributed by atoms with Crippen molar-refractivity contribution >= 4 is 42.8 Å². The Balaban J connectivity index is 1.21. The van der Waals surface area contributed by atoms with Crippen molar-refractivity contribution in [3.63, 3.8) is 0 Å². The molecule has 4 heteroatoms. The third-order valence-corrected chi connectivity index (χ3v) is 12.2. The van der Waals surface area contributed by atoms with Crippen molar-refractivity contribution in [1.29, 1.82) is 0 Å². The Morgan fingerprint density at radius 3 is 1.58 bits per heavy atom. The van der Waals surface area contributed by atoms with Gasteiger partial charge in [0, 0.05) is 5.56 Å². The third-order valence-electron chi connectivity index (χ3n) is 10.3. The SMILES string of the molecule is O=S1(=O)c2cc(-c3c4ccccc4c(-c4cccc(-c5ccccc5)c4)c4ccccc34)ccc2C2C(c3ccccc3)=Nc3cccc1c32. The fourth-order valence-electron chi connectivity index (χ4n) is 8.14. The summed E-state index contributed by atoms with van der Waals surface area (Å²) in [5.74, 6) is -0.260. The minimum Gasteiger partial charge on any atom is -0.251 e. The van der Waals surface area contributed by atoms with E-state index in [-0.39, 0.29) is 5.92 Å². The van der Waals surface area contributed by atoms with E-state index in [1.807, 2.05) is 48.5 Å². The first kappa shape index (κ1) is 28.9. The molecule has 0 aromatic heterocycles. The summed E-state index contributed by atoms with van der Waals surface area (Å²) in [5, 5.41) is 4.40. The van der Waals surface area contributed by atoms with Gasteiger partial charge in [-0.2, -0.15) is 0 Å². The van der Waals surface area contributed by atoms with Crippen molar-refractivity contribution in [2.45, 2.75) is 15.7 Å². The quantitative estimate of drug-likeness (QED) is 0.177. The lowest BCUT2D eigenvalue weighted by molar-refractivity contribution is 0.591. The second-order valence-corrected chi connectivity index (χ2v) is 14.9. The fourth-order valence-corrected chi connectivity index (χ4v) is 9.93. The molecular formula is C46H29NO2S. The van der Waals surface area contributed by atoms with Crippen LogP contribution in [0.4, 0.5) is 5.69 Å². The second-order valence-electron chi connectivity index (χ2n) is 13.0. The molecule has 3 nitrogen and oxygen atoms in total. The summed E-state index contributed by atoms with van der Waals surface area (Å²) >= 11 is 0. The highest BCUT2D eigenvalue weighted by Crippen LogP contribution is 2.53. The van der Waals surface area contributed by atoms with Gasteiger partial charge >= 0.3 is 0 Å². The van der Waals surface area contributed by atoms with Crippen molar-refractivity contribution in [3.05, 3.63) is 187 Å². The number of hydrogen-bond acceptors (Lipinski definition) is 3. The van der Waals surface area contributed by atoms with Crippen LogP contribution in [0.15, 0.2) is 185 Å². The van der Waals surface area contributed by atoms with Crippen LogP contribution in [0, 0.1) is 0 Å². The first-order chi connectivity index (χ1) is 24.6. The molecule has 2 heterocycles. The first-order valence-electron chi connectivity index (χ1n) is 16.8. The molecule has 8 aromatic rings. The number of benzene rings is 8. The minimum absolute atomic E-state index is 0.260.